The molecule has 0 amide bonds. The number of allylic oxidation sites excluding steroid dienone is 9. The van der Waals surface area contributed by atoms with Crippen molar-refractivity contribution in [2.24, 2.45) is 52.3 Å². The predicted molar refractivity (Wildman–Crippen MR) is 281 cm³/mol. The SMILES string of the molecule is CCCCCCC/C=C\C/C=C\C/C=C\CCCCCCCCCCC(=O)OCC1OC(OC2CCC3(C)C(=CCC4C3CCC3(C)C(C(C)/C=C/C(CC)C(C)C)CCC43)C2)C(O)C(O)C1O. The van der Waals surface area contributed by atoms with Crippen LogP contribution < -0.4 is 0 Å². The van der Waals surface area contributed by atoms with Crippen LogP contribution in [0.5, 0.6) is 0 Å². The molecule has 0 aromatic carbocycles. The largest absolute Gasteiger partial charge is 0.463 e. The summed E-state index contributed by atoms with van der Waals surface area (Å²) in [6.07, 6.45) is 45.9. The van der Waals surface area contributed by atoms with Crippen LogP contribution in [0.4, 0.5) is 0 Å². The Bertz CT molecular complexity index is 1600. The Morgan fingerprint density at radius 2 is 1.37 bits per heavy atom. The van der Waals surface area contributed by atoms with Gasteiger partial charge in [-0.15, -0.1) is 0 Å². The minimum absolute atomic E-state index is 0.151. The molecule has 68 heavy (non-hydrogen) atoms. The van der Waals surface area contributed by atoms with Crippen LogP contribution >= 0.6 is 0 Å². The fourth-order valence-corrected chi connectivity index (χ4v) is 13.8. The lowest BCUT2D eigenvalue weighted by atomic mass is 9.47. The molecule has 14 atom stereocenters. The maximum absolute atomic E-state index is 12.7. The average molecular weight is 947 g/mol. The van der Waals surface area contributed by atoms with Crippen LogP contribution in [0.1, 0.15) is 222 Å². The van der Waals surface area contributed by atoms with Gasteiger partial charge in [-0.25, -0.2) is 0 Å². The topological polar surface area (TPSA) is 105 Å². The molecule has 7 heteroatoms. The summed E-state index contributed by atoms with van der Waals surface area (Å²) in [6, 6.07) is 0. The molecule has 3 N–H and O–H groups in total. The highest BCUT2D eigenvalue weighted by Gasteiger charge is 2.59. The molecular formula is C61H102O7. The van der Waals surface area contributed by atoms with E-state index in [0.717, 1.165) is 82.0 Å². The number of ether oxygens (including phenoxy) is 3. The Labute approximate surface area is 416 Å². The summed E-state index contributed by atoms with van der Waals surface area (Å²) in [6.45, 7) is 16.7. The van der Waals surface area contributed by atoms with Gasteiger partial charge < -0.3 is 29.5 Å². The molecule has 388 valence electrons. The first-order valence-electron chi connectivity index (χ1n) is 28.7. The zero-order valence-electron chi connectivity index (χ0n) is 44.5. The van der Waals surface area contributed by atoms with E-state index in [9.17, 15) is 20.1 Å². The first-order chi connectivity index (χ1) is 32.8. The molecule has 4 aliphatic carbocycles. The maximum atomic E-state index is 12.7. The lowest BCUT2D eigenvalue weighted by molar-refractivity contribution is -0.313. The van der Waals surface area contributed by atoms with Gasteiger partial charge in [-0.3, -0.25) is 4.79 Å². The van der Waals surface area contributed by atoms with Crippen LogP contribution in [0, 0.1) is 52.3 Å². The summed E-state index contributed by atoms with van der Waals surface area (Å²) in [5.41, 5.74) is 2.04. The average Bonchev–Trinajstić information content (AvgIpc) is 3.69. The van der Waals surface area contributed by atoms with Crippen LogP contribution in [0.15, 0.2) is 60.3 Å². The van der Waals surface area contributed by atoms with Crippen LogP contribution in [0.3, 0.4) is 0 Å². The molecule has 0 radical (unpaired) electrons. The number of unbranched alkanes of at least 4 members (excludes halogenated alkanes) is 13. The summed E-state index contributed by atoms with van der Waals surface area (Å²) >= 11 is 0. The molecule has 14 unspecified atom stereocenters. The van der Waals surface area contributed by atoms with Crippen molar-refractivity contribution in [3.63, 3.8) is 0 Å². The molecule has 1 saturated heterocycles. The van der Waals surface area contributed by atoms with Crippen LogP contribution in [-0.2, 0) is 19.0 Å². The van der Waals surface area contributed by atoms with E-state index in [-0.39, 0.29) is 24.1 Å². The molecule has 7 nitrogen and oxygen atoms in total. The second-order valence-electron chi connectivity index (χ2n) is 23.2. The minimum atomic E-state index is -1.45. The van der Waals surface area contributed by atoms with E-state index in [2.05, 4.69) is 103 Å². The molecule has 3 saturated carbocycles. The van der Waals surface area contributed by atoms with Gasteiger partial charge in [0.1, 0.15) is 31.0 Å². The molecule has 0 aromatic rings. The number of aliphatic hydroxyl groups is 3. The van der Waals surface area contributed by atoms with Crippen molar-refractivity contribution in [2.75, 3.05) is 6.61 Å². The summed E-state index contributed by atoms with van der Waals surface area (Å²) in [7, 11) is 0. The quantitative estimate of drug-likeness (QED) is 0.0374. The summed E-state index contributed by atoms with van der Waals surface area (Å²) in [4.78, 5) is 12.7. The molecule has 0 aromatic heterocycles. The molecule has 0 spiro atoms. The Morgan fingerprint density at radius 1 is 0.735 bits per heavy atom. The van der Waals surface area contributed by atoms with Gasteiger partial charge in [0.2, 0.25) is 0 Å². The van der Waals surface area contributed by atoms with Crippen molar-refractivity contribution >= 4 is 5.97 Å². The molecule has 1 aliphatic heterocycles. The molecular weight excluding hydrogens is 845 g/mol. The summed E-state index contributed by atoms with van der Waals surface area (Å²) < 4.78 is 18.1. The second-order valence-corrected chi connectivity index (χ2v) is 23.2. The van der Waals surface area contributed by atoms with Crippen LogP contribution in [0.25, 0.3) is 0 Å². The number of aliphatic hydroxyl groups excluding tert-OH is 3. The van der Waals surface area contributed by atoms with E-state index in [1.807, 2.05) is 0 Å². The van der Waals surface area contributed by atoms with E-state index >= 15 is 0 Å². The molecule has 5 rings (SSSR count). The predicted octanol–water partition coefficient (Wildman–Crippen LogP) is 14.9. The van der Waals surface area contributed by atoms with E-state index in [4.69, 9.17) is 14.2 Å². The number of fused-ring (bicyclic) bond motifs is 5. The Hall–Kier alpha value is -2.03. The standard InChI is InChI=1S/C61H102O7/c1-8-10-11-12-13-14-15-16-17-18-19-20-21-22-23-24-25-26-27-28-29-30-31-32-55(62)66-44-54-56(63)57(64)58(65)59(68-54)67-49-39-41-60(6)48(43-49)35-36-50-52-38-37-51(61(52,7)42-40-53(50)60)46(5)33-34-47(9-2)45(3)4/h15-16,18-19,21-22,33-35,45-47,49-54,56-59,63-65H,8-14,17,20,23-32,36-44H2,1-7H3/b16-15-,19-18-,22-21-,34-33+. The van der Waals surface area contributed by atoms with Crippen molar-refractivity contribution in [3.8, 4) is 0 Å². The molecule has 5 aliphatic rings. The van der Waals surface area contributed by atoms with Crippen LogP contribution in [0.2, 0.25) is 0 Å². The van der Waals surface area contributed by atoms with Gasteiger partial charge in [-0.1, -0.05) is 173 Å². The van der Waals surface area contributed by atoms with Gasteiger partial charge in [0.15, 0.2) is 6.29 Å². The van der Waals surface area contributed by atoms with E-state index in [1.165, 1.54) is 108 Å². The van der Waals surface area contributed by atoms with Gasteiger partial charge in [-0.2, -0.15) is 0 Å². The Balaban J connectivity index is 0.939. The highest BCUT2D eigenvalue weighted by molar-refractivity contribution is 5.69. The number of esters is 1. The summed E-state index contributed by atoms with van der Waals surface area (Å²) in [5.74, 6) is 4.58. The van der Waals surface area contributed by atoms with Crippen molar-refractivity contribution in [1.82, 2.24) is 0 Å². The molecule has 4 fully saturated rings. The molecule has 0 bridgehead atoms. The third kappa shape index (κ3) is 16.2. The number of hydrogen-bond acceptors (Lipinski definition) is 7. The van der Waals surface area contributed by atoms with Gasteiger partial charge >= 0.3 is 5.97 Å². The first-order valence-corrected chi connectivity index (χ1v) is 28.7. The highest BCUT2D eigenvalue weighted by Crippen LogP contribution is 2.67. The fraction of sp³-hybridized carbons (Fsp3) is 0.820. The monoisotopic (exact) mass is 947 g/mol. The minimum Gasteiger partial charge on any atom is -0.463 e. The maximum Gasteiger partial charge on any atom is 0.305 e. The third-order valence-electron chi connectivity index (χ3n) is 18.2. The smallest absolute Gasteiger partial charge is 0.305 e. The summed E-state index contributed by atoms with van der Waals surface area (Å²) in [5, 5.41) is 32.7. The number of rotatable bonds is 30. The highest BCUT2D eigenvalue weighted by atomic mass is 16.7. The lowest BCUT2D eigenvalue weighted by Gasteiger charge is -2.58. The zero-order chi connectivity index (χ0) is 48.9. The molecule has 1 heterocycles. The van der Waals surface area contributed by atoms with Crippen molar-refractivity contribution in [1.29, 1.82) is 0 Å². The normalized spacial score (nSPS) is 33.9. The van der Waals surface area contributed by atoms with Crippen molar-refractivity contribution in [3.05, 3.63) is 60.3 Å². The number of hydrogen-bond donors (Lipinski definition) is 3. The number of carbonyl (C=O) groups is 1. The van der Waals surface area contributed by atoms with Gasteiger partial charge in [-0.05, 0) is 155 Å². The van der Waals surface area contributed by atoms with E-state index in [0.29, 0.717) is 35.5 Å². The van der Waals surface area contributed by atoms with Gasteiger partial charge in [0.05, 0.1) is 6.10 Å². The second kappa shape index (κ2) is 29.5. The fourth-order valence-electron chi connectivity index (χ4n) is 13.8. The van der Waals surface area contributed by atoms with Crippen molar-refractivity contribution in [2.45, 2.75) is 259 Å². The van der Waals surface area contributed by atoms with E-state index in [1.54, 1.807) is 0 Å². The van der Waals surface area contributed by atoms with E-state index < -0.39 is 30.7 Å². The van der Waals surface area contributed by atoms with Crippen LogP contribution in [-0.4, -0.2) is 64.7 Å². The zero-order valence-corrected chi connectivity index (χ0v) is 44.5. The first kappa shape index (κ1) is 56.9. The van der Waals surface area contributed by atoms with Gasteiger partial charge in [0.25, 0.3) is 0 Å². The van der Waals surface area contributed by atoms with Gasteiger partial charge in [0, 0.05) is 6.42 Å². The Morgan fingerprint density at radius 3 is 2.01 bits per heavy atom. The number of carbonyl (C=O) groups excluding carboxylic acids is 1. The lowest BCUT2D eigenvalue weighted by Crippen LogP contribution is -2.60. The van der Waals surface area contributed by atoms with Crippen molar-refractivity contribution < 1.29 is 34.3 Å². The Kier molecular flexibility index (Phi) is 24.7. The third-order valence-corrected chi connectivity index (χ3v) is 18.2.